The van der Waals surface area contributed by atoms with Crippen LogP contribution in [0, 0.1) is 0 Å². The van der Waals surface area contributed by atoms with E-state index in [-0.39, 0.29) is 0 Å². The molecule has 0 radical (unpaired) electrons. The van der Waals surface area contributed by atoms with Crippen molar-refractivity contribution in [1.82, 2.24) is 0 Å². The molecule has 1 rings (SSSR count). The molecule has 44 valence electrons. The third kappa shape index (κ3) is 1.35. The molecule has 1 heterocycles. The van der Waals surface area contributed by atoms with Gasteiger partial charge >= 0.3 is 41.8 Å². The summed E-state index contributed by atoms with van der Waals surface area (Å²) in [7, 11) is -2.54. The molecule has 0 aromatic carbocycles. The average molecular weight is 124 g/mol. The molecule has 0 aliphatic carbocycles. The zero-order valence-corrected chi connectivity index (χ0v) is 5.18. The normalized spacial score (nSPS) is 32.9. The van der Waals surface area contributed by atoms with Crippen LogP contribution < -0.4 is 0 Å². The molecule has 7 heavy (non-hydrogen) atoms. The Hall–Kier alpha value is 0.310. The van der Waals surface area contributed by atoms with Gasteiger partial charge in [-0.1, -0.05) is 0 Å². The van der Waals surface area contributed by atoms with Crippen LogP contribution in [0.25, 0.3) is 0 Å². The fraction of sp³-hybridized carbons (Fsp3) is 1.00. The van der Waals surface area contributed by atoms with Crippen molar-refractivity contribution >= 4 is 7.94 Å². The number of hydrogen-bond acceptors (Lipinski definition) is 3. The summed E-state index contributed by atoms with van der Waals surface area (Å²) in [4.78, 5) is 8.89. The Bertz CT molecular complexity index is 64.6. The van der Waals surface area contributed by atoms with Crippen molar-refractivity contribution in [1.29, 1.82) is 0 Å². The van der Waals surface area contributed by atoms with Gasteiger partial charge in [0.15, 0.2) is 0 Å². The Kier molecular flexibility index (Phi) is 1.30. The van der Waals surface area contributed by atoms with Gasteiger partial charge in [-0.05, 0) is 0 Å². The predicted molar refractivity (Wildman–Crippen MR) is 28.4 cm³/mol. The quantitative estimate of drug-likeness (QED) is 0.467. The molecule has 0 bridgehead atoms. The Balaban J connectivity index is 2.40. The van der Waals surface area contributed by atoms with E-state index in [4.69, 9.17) is 13.9 Å². The monoisotopic (exact) mass is 124 g/mol. The maximum absolute atomic E-state index is 8.89. The van der Waals surface area contributed by atoms with Crippen LogP contribution >= 0.6 is 7.94 Å². The van der Waals surface area contributed by atoms with Crippen molar-refractivity contribution in [2.45, 2.75) is 0 Å². The summed E-state index contributed by atoms with van der Waals surface area (Å²) in [6.45, 7) is 2.72. The zero-order valence-electron chi connectivity index (χ0n) is 4.18. The maximum atomic E-state index is 8.89. The van der Waals surface area contributed by atoms with Gasteiger partial charge in [0.2, 0.25) is 0 Å². The van der Waals surface area contributed by atoms with E-state index in [1.165, 1.54) is 0 Å². The van der Waals surface area contributed by atoms with E-state index in [2.05, 4.69) is 0 Å². The molecular weight excluding hydrogens is 115 g/mol. The first-order valence-electron chi connectivity index (χ1n) is 2.21. The van der Waals surface area contributed by atoms with Crippen molar-refractivity contribution in [2.75, 3.05) is 19.9 Å². The van der Waals surface area contributed by atoms with Gasteiger partial charge < -0.3 is 0 Å². The van der Waals surface area contributed by atoms with Crippen LogP contribution in [0.5, 0.6) is 0 Å². The molecule has 0 unspecified atom stereocenters. The average Bonchev–Trinajstić information content (AvgIpc) is 1.84. The van der Waals surface area contributed by atoms with E-state index in [9.17, 15) is 0 Å². The molecule has 3 nitrogen and oxygen atoms in total. The molecule has 0 spiro atoms. The minimum atomic E-state index is -2.54. The number of rotatable bonds is 0. The van der Waals surface area contributed by atoms with Gasteiger partial charge in [0.25, 0.3) is 0 Å². The van der Waals surface area contributed by atoms with E-state index >= 15 is 0 Å². The summed E-state index contributed by atoms with van der Waals surface area (Å²) in [6.07, 6.45) is 0. The van der Waals surface area contributed by atoms with Crippen molar-refractivity contribution < 1.29 is 13.9 Å². The molecule has 0 atom stereocenters. The molecule has 1 aliphatic rings. The molecule has 0 saturated carbocycles. The van der Waals surface area contributed by atoms with Gasteiger partial charge in [-0.2, -0.15) is 0 Å². The summed E-state index contributed by atoms with van der Waals surface area (Å²) < 4.78 is 9.62. The first-order chi connectivity index (χ1) is 3.21. The topological polar surface area (TPSA) is 38.7 Å². The molecule has 4 heteroatoms. The van der Waals surface area contributed by atoms with Crippen molar-refractivity contribution in [3.05, 3.63) is 0 Å². The molecule has 0 amide bonds. The molecule has 1 N–H and O–H groups in total. The standard InChI is InChI=1S/C3H9O3P/c1-7(4)5-2-3-6-7/h4,7H,2-3H2,1H3. The number of hydrogen-bond donors (Lipinski definition) is 1. The van der Waals surface area contributed by atoms with Gasteiger partial charge in [0, 0.05) is 0 Å². The molecular formula is C3H9O3P. The van der Waals surface area contributed by atoms with E-state index in [0.717, 1.165) is 0 Å². The van der Waals surface area contributed by atoms with Crippen LogP contribution in [0.15, 0.2) is 0 Å². The molecule has 1 saturated heterocycles. The van der Waals surface area contributed by atoms with Crippen LogP contribution in [0.1, 0.15) is 0 Å². The Labute approximate surface area is 42.8 Å². The van der Waals surface area contributed by atoms with E-state index in [0.29, 0.717) is 13.2 Å². The second kappa shape index (κ2) is 1.67. The molecule has 0 aromatic heterocycles. The third-order valence-electron chi connectivity index (χ3n) is 0.823. The molecule has 1 aliphatic heterocycles. The zero-order chi connectivity index (χ0) is 5.33. The van der Waals surface area contributed by atoms with Crippen LogP contribution in [0.4, 0.5) is 0 Å². The Morgan fingerprint density at radius 1 is 1.43 bits per heavy atom. The SMILES string of the molecule is C[PH]1(O)OCCO1. The van der Waals surface area contributed by atoms with Gasteiger partial charge in [0.1, 0.15) is 0 Å². The van der Waals surface area contributed by atoms with Crippen LogP contribution in [-0.2, 0) is 9.05 Å². The van der Waals surface area contributed by atoms with E-state index in [1.54, 1.807) is 6.66 Å². The van der Waals surface area contributed by atoms with Gasteiger partial charge in [-0.25, -0.2) is 0 Å². The predicted octanol–water partition coefficient (Wildman–Crippen LogP) is 0.150. The summed E-state index contributed by atoms with van der Waals surface area (Å²) >= 11 is 0. The van der Waals surface area contributed by atoms with Gasteiger partial charge in [-0.15, -0.1) is 0 Å². The molecule has 1 fully saturated rings. The molecule has 0 aromatic rings. The fourth-order valence-corrected chi connectivity index (χ4v) is 1.51. The minimum absolute atomic E-state index is 0.555. The second-order valence-electron chi connectivity index (χ2n) is 1.59. The van der Waals surface area contributed by atoms with Crippen molar-refractivity contribution in [2.24, 2.45) is 0 Å². The Morgan fingerprint density at radius 3 is 2.00 bits per heavy atom. The van der Waals surface area contributed by atoms with E-state index in [1.807, 2.05) is 0 Å². The van der Waals surface area contributed by atoms with Crippen LogP contribution in [-0.4, -0.2) is 24.8 Å². The van der Waals surface area contributed by atoms with Gasteiger partial charge in [0.05, 0.1) is 0 Å². The van der Waals surface area contributed by atoms with Crippen molar-refractivity contribution in [3.63, 3.8) is 0 Å². The summed E-state index contributed by atoms with van der Waals surface area (Å²) in [6, 6.07) is 0. The first-order valence-corrected chi connectivity index (χ1v) is 4.47. The Morgan fingerprint density at radius 2 is 1.86 bits per heavy atom. The van der Waals surface area contributed by atoms with Crippen molar-refractivity contribution in [3.8, 4) is 0 Å². The van der Waals surface area contributed by atoms with Crippen LogP contribution in [0.2, 0.25) is 0 Å². The summed E-state index contributed by atoms with van der Waals surface area (Å²) in [5.41, 5.74) is 0. The van der Waals surface area contributed by atoms with Crippen LogP contribution in [0.3, 0.4) is 0 Å². The third-order valence-corrected chi connectivity index (χ3v) is 2.30. The fourth-order valence-electron chi connectivity index (χ4n) is 0.504. The summed E-state index contributed by atoms with van der Waals surface area (Å²) in [5.74, 6) is 0. The van der Waals surface area contributed by atoms with E-state index < -0.39 is 7.94 Å². The summed E-state index contributed by atoms with van der Waals surface area (Å²) in [5, 5.41) is 0. The van der Waals surface area contributed by atoms with Gasteiger partial charge in [-0.3, -0.25) is 0 Å². The second-order valence-corrected chi connectivity index (χ2v) is 3.97. The first kappa shape index (κ1) is 5.45.